The molecule has 1 aromatic heterocycles. The predicted octanol–water partition coefficient (Wildman–Crippen LogP) is 5.21. The van der Waals surface area contributed by atoms with E-state index in [2.05, 4.69) is 10.2 Å². The van der Waals surface area contributed by atoms with Crippen molar-refractivity contribution in [1.29, 1.82) is 0 Å². The molecule has 1 aliphatic rings. The number of nitrogens with zero attached hydrogens (tertiary/aromatic N) is 2. The van der Waals surface area contributed by atoms with E-state index in [-0.39, 0.29) is 41.3 Å². The number of amides is 1. The number of hydrogen-bond donors (Lipinski definition) is 1. The number of nitrogens with one attached hydrogen (secondary N) is 1. The molecule has 8 heteroatoms. The number of allylic oxidation sites excluding steroid dienone is 4. The first-order valence-electron chi connectivity index (χ1n) is 11.0. The van der Waals surface area contributed by atoms with E-state index in [1.807, 2.05) is 0 Å². The Kier molecular flexibility index (Phi) is 7.01. The van der Waals surface area contributed by atoms with Gasteiger partial charge in [0.15, 0.2) is 5.78 Å². The third-order valence-corrected chi connectivity index (χ3v) is 6.28. The third kappa shape index (κ3) is 4.90. The number of aromatic nitrogens is 1. The molecule has 0 spiro atoms. The van der Waals surface area contributed by atoms with Crippen molar-refractivity contribution < 1.29 is 23.6 Å². The van der Waals surface area contributed by atoms with Crippen LogP contribution in [0, 0.1) is 31.7 Å². The highest BCUT2D eigenvalue weighted by Crippen LogP contribution is 2.34. The standard InChI is InChI=1S/C27H26FN3O4/c1-15-23(25(34)22(33)14-27(3,4)18-9-7-8-10-21(18)32)16(2)31(6)24(15)26(35)30-17-11-12-19(28)20(13-17)29-5/h7-9,11-13H,10,14H2,1-4,6H3,(H,30,35). The number of ketones is 3. The maximum absolute atomic E-state index is 13.6. The van der Waals surface area contributed by atoms with Crippen molar-refractivity contribution in [3.8, 4) is 0 Å². The fraction of sp³-hybridized carbons (Fsp3) is 0.296. The van der Waals surface area contributed by atoms with Crippen LogP contribution in [-0.2, 0) is 16.6 Å². The lowest BCUT2D eigenvalue weighted by atomic mass is 9.75. The van der Waals surface area contributed by atoms with E-state index in [9.17, 15) is 23.6 Å². The number of anilines is 1. The molecule has 1 N–H and O–H groups in total. The van der Waals surface area contributed by atoms with Gasteiger partial charge in [-0.3, -0.25) is 19.2 Å². The smallest absolute Gasteiger partial charge is 0.272 e. The number of rotatable bonds is 7. The topological polar surface area (TPSA) is 89.6 Å². The van der Waals surface area contributed by atoms with Gasteiger partial charge >= 0.3 is 0 Å². The normalized spacial score (nSPS) is 13.3. The van der Waals surface area contributed by atoms with Crippen LogP contribution in [0.2, 0.25) is 0 Å². The van der Waals surface area contributed by atoms with Gasteiger partial charge in [0.25, 0.3) is 5.91 Å². The van der Waals surface area contributed by atoms with Crippen molar-refractivity contribution in [2.75, 3.05) is 5.32 Å². The predicted molar refractivity (Wildman–Crippen MR) is 130 cm³/mol. The second-order valence-corrected chi connectivity index (χ2v) is 9.17. The first-order chi connectivity index (χ1) is 16.4. The lowest BCUT2D eigenvalue weighted by Gasteiger charge is -2.27. The van der Waals surface area contributed by atoms with Crippen LogP contribution in [-0.4, -0.2) is 27.8 Å². The molecule has 0 fully saturated rings. The second kappa shape index (κ2) is 9.63. The molecule has 0 atom stereocenters. The van der Waals surface area contributed by atoms with Crippen LogP contribution < -0.4 is 5.32 Å². The lowest BCUT2D eigenvalue weighted by molar-refractivity contribution is -0.117. The third-order valence-electron chi connectivity index (χ3n) is 6.28. The molecule has 1 aromatic carbocycles. The van der Waals surface area contributed by atoms with Crippen molar-refractivity contribution in [1.82, 2.24) is 4.57 Å². The molecule has 0 aliphatic heterocycles. The van der Waals surface area contributed by atoms with Gasteiger partial charge in [-0.1, -0.05) is 32.1 Å². The Morgan fingerprint density at radius 1 is 1.23 bits per heavy atom. The van der Waals surface area contributed by atoms with Crippen LogP contribution in [0.5, 0.6) is 0 Å². The molecule has 180 valence electrons. The number of halogens is 1. The van der Waals surface area contributed by atoms with Gasteiger partial charge in [-0.2, -0.15) is 0 Å². The summed E-state index contributed by atoms with van der Waals surface area (Å²) < 4.78 is 15.1. The number of carbonyl (C=O) groups excluding carboxylic acids is 4. The van der Waals surface area contributed by atoms with E-state index in [0.717, 1.165) is 6.07 Å². The maximum Gasteiger partial charge on any atom is 0.272 e. The summed E-state index contributed by atoms with van der Waals surface area (Å²) in [5.74, 6) is -2.71. The monoisotopic (exact) mass is 475 g/mol. The molecule has 0 bridgehead atoms. The van der Waals surface area contributed by atoms with Crippen molar-refractivity contribution >= 4 is 34.6 Å². The van der Waals surface area contributed by atoms with E-state index < -0.39 is 28.7 Å². The zero-order valence-corrected chi connectivity index (χ0v) is 20.3. The summed E-state index contributed by atoms with van der Waals surface area (Å²) in [6.07, 6.45) is 5.30. The molecule has 2 aromatic rings. The average Bonchev–Trinajstić information content (AvgIpc) is 3.02. The van der Waals surface area contributed by atoms with Crippen LogP contribution in [0.3, 0.4) is 0 Å². The Hall–Kier alpha value is -4.12. The number of Topliss-reactive ketones (excluding diaryl/α,β-unsaturated/α-hetero) is 3. The molecule has 1 heterocycles. The zero-order chi connectivity index (χ0) is 26.1. The Morgan fingerprint density at radius 2 is 1.91 bits per heavy atom. The molecule has 0 saturated heterocycles. The van der Waals surface area contributed by atoms with Gasteiger partial charge in [0.1, 0.15) is 11.5 Å². The Morgan fingerprint density at radius 3 is 2.54 bits per heavy atom. The van der Waals surface area contributed by atoms with Gasteiger partial charge in [0, 0.05) is 42.3 Å². The van der Waals surface area contributed by atoms with E-state index in [1.165, 1.54) is 16.7 Å². The van der Waals surface area contributed by atoms with Crippen molar-refractivity contribution in [3.05, 3.63) is 81.7 Å². The highest BCUT2D eigenvalue weighted by atomic mass is 19.1. The summed E-state index contributed by atoms with van der Waals surface area (Å²) >= 11 is 0. The largest absolute Gasteiger partial charge is 0.343 e. The van der Waals surface area contributed by atoms with Crippen molar-refractivity contribution in [2.45, 2.75) is 40.5 Å². The van der Waals surface area contributed by atoms with Crippen LogP contribution in [0.25, 0.3) is 4.85 Å². The number of carbonyl (C=O) groups is 4. The zero-order valence-electron chi connectivity index (χ0n) is 20.3. The van der Waals surface area contributed by atoms with Crippen molar-refractivity contribution in [3.63, 3.8) is 0 Å². The van der Waals surface area contributed by atoms with Crippen molar-refractivity contribution in [2.24, 2.45) is 12.5 Å². The van der Waals surface area contributed by atoms with E-state index in [0.29, 0.717) is 16.8 Å². The molecule has 35 heavy (non-hydrogen) atoms. The molecule has 0 radical (unpaired) electrons. The van der Waals surface area contributed by atoms with E-state index in [4.69, 9.17) is 6.57 Å². The molecule has 0 saturated carbocycles. The van der Waals surface area contributed by atoms with Crippen LogP contribution in [0.15, 0.2) is 42.0 Å². The summed E-state index contributed by atoms with van der Waals surface area (Å²) in [6.45, 7) is 13.8. The summed E-state index contributed by atoms with van der Waals surface area (Å²) in [7, 11) is 1.61. The molecule has 3 rings (SSSR count). The fourth-order valence-electron chi connectivity index (χ4n) is 4.36. The molecular weight excluding hydrogens is 449 g/mol. The summed E-state index contributed by atoms with van der Waals surface area (Å²) in [4.78, 5) is 54.6. The Labute approximate surface area is 203 Å². The molecular formula is C27H26FN3O4. The van der Waals surface area contributed by atoms with Gasteiger partial charge in [0.2, 0.25) is 17.3 Å². The van der Waals surface area contributed by atoms with Gasteiger partial charge < -0.3 is 9.88 Å². The van der Waals surface area contributed by atoms with Crippen LogP contribution >= 0.6 is 0 Å². The first-order valence-corrected chi connectivity index (χ1v) is 11.0. The van der Waals surface area contributed by atoms with Gasteiger partial charge in [-0.25, -0.2) is 9.24 Å². The minimum Gasteiger partial charge on any atom is -0.343 e. The van der Waals surface area contributed by atoms with E-state index >= 15 is 0 Å². The average molecular weight is 476 g/mol. The Bertz CT molecular complexity index is 1370. The van der Waals surface area contributed by atoms with Crippen LogP contribution in [0.4, 0.5) is 15.8 Å². The van der Waals surface area contributed by atoms with Gasteiger partial charge in [-0.15, -0.1) is 0 Å². The highest BCUT2D eigenvalue weighted by Gasteiger charge is 2.35. The molecule has 1 amide bonds. The number of benzene rings is 1. The molecule has 0 unspecified atom stereocenters. The Balaban J connectivity index is 1.88. The highest BCUT2D eigenvalue weighted by molar-refractivity contribution is 6.44. The quantitative estimate of drug-likeness (QED) is 0.338. The van der Waals surface area contributed by atoms with E-state index in [1.54, 1.807) is 53.0 Å². The van der Waals surface area contributed by atoms with Gasteiger partial charge in [0.05, 0.1) is 12.1 Å². The molecule has 7 nitrogen and oxygen atoms in total. The maximum atomic E-state index is 13.6. The summed E-state index contributed by atoms with van der Waals surface area (Å²) in [5.41, 5.74) is 0.766. The summed E-state index contributed by atoms with van der Waals surface area (Å²) in [5, 5.41) is 2.62. The fourth-order valence-corrected chi connectivity index (χ4v) is 4.36. The first kappa shape index (κ1) is 25.5. The minimum atomic E-state index is -0.825. The number of hydrogen-bond acceptors (Lipinski definition) is 4. The van der Waals surface area contributed by atoms with Gasteiger partial charge in [-0.05, 0) is 37.6 Å². The lowest BCUT2D eigenvalue weighted by Crippen LogP contribution is -2.29. The van der Waals surface area contributed by atoms with Crippen LogP contribution in [0.1, 0.15) is 58.8 Å². The minimum absolute atomic E-state index is 0.0778. The summed E-state index contributed by atoms with van der Waals surface area (Å²) in [6, 6.07) is 3.64. The molecule has 1 aliphatic carbocycles. The SMILES string of the molecule is [C-]#[N+]c1cc(NC(=O)c2c(C)c(C(=O)C(=O)CC(C)(C)C3=CC=CCC3=O)c(C)n2C)ccc1F. The second-order valence-electron chi connectivity index (χ2n) is 9.17.